The van der Waals surface area contributed by atoms with Crippen LogP contribution < -0.4 is 5.32 Å². The van der Waals surface area contributed by atoms with Gasteiger partial charge in [-0.2, -0.15) is 0 Å². The highest BCUT2D eigenvalue weighted by atomic mass is 35.5. The molecule has 4 heteroatoms. The van der Waals surface area contributed by atoms with Crippen LogP contribution in [0.15, 0.2) is 36.4 Å². The summed E-state index contributed by atoms with van der Waals surface area (Å²) in [7, 11) is 0. The van der Waals surface area contributed by atoms with Gasteiger partial charge in [0, 0.05) is 5.69 Å². The second-order valence-electron chi connectivity index (χ2n) is 4.73. The van der Waals surface area contributed by atoms with Crippen LogP contribution in [0.25, 0.3) is 0 Å². The van der Waals surface area contributed by atoms with Crippen molar-refractivity contribution in [3.05, 3.63) is 63.4 Å². The van der Waals surface area contributed by atoms with E-state index in [0.717, 1.165) is 29.9 Å². The van der Waals surface area contributed by atoms with Crippen LogP contribution in [0.3, 0.4) is 0 Å². The lowest BCUT2D eigenvalue weighted by molar-refractivity contribution is 0.536. The van der Waals surface area contributed by atoms with Gasteiger partial charge >= 0.3 is 0 Å². The van der Waals surface area contributed by atoms with Crippen LogP contribution in [0, 0.1) is 6.92 Å². The molecule has 0 spiro atoms. The Morgan fingerprint density at radius 2 is 1.90 bits per heavy atom. The minimum atomic E-state index is 0.135. The summed E-state index contributed by atoms with van der Waals surface area (Å²) in [6.07, 6.45) is 0.768. The van der Waals surface area contributed by atoms with Crippen molar-refractivity contribution < 1.29 is 0 Å². The van der Waals surface area contributed by atoms with Gasteiger partial charge in [-0.3, -0.25) is 4.98 Å². The van der Waals surface area contributed by atoms with Crippen LogP contribution in [0.4, 0.5) is 0 Å². The number of pyridine rings is 1. The molecule has 0 aliphatic rings. The van der Waals surface area contributed by atoms with Crippen molar-refractivity contribution in [2.24, 2.45) is 0 Å². The number of halogens is 2. The highest BCUT2D eigenvalue weighted by molar-refractivity contribution is 6.42. The number of aryl methyl sites for hydroxylation is 1. The number of rotatable bonds is 5. The Balaban J connectivity index is 2.28. The lowest BCUT2D eigenvalue weighted by Crippen LogP contribution is -2.24. The summed E-state index contributed by atoms with van der Waals surface area (Å²) in [6, 6.07) is 11.9. The minimum absolute atomic E-state index is 0.135. The van der Waals surface area contributed by atoms with Gasteiger partial charge in [-0.1, -0.05) is 48.3 Å². The Kier molecular flexibility index (Phi) is 5.41. The predicted molar refractivity (Wildman–Crippen MR) is 85.6 cm³/mol. The zero-order chi connectivity index (χ0) is 14.5. The third-order valence-electron chi connectivity index (χ3n) is 3.17. The molecule has 106 valence electrons. The lowest BCUT2D eigenvalue weighted by atomic mass is 10.0. The SMILES string of the molecule is CCNC(Cc1cccc(Cl)c1Cl)c1cccc(C)n1. The second kappa shape index (κ2) is 7.07. The molecular formula is C16H18Cl2N2. The summed E-state index contributed by atoms with van der Waals surface area (Å²) in [5, 5.41) is 4.68. The molecule has 0 amide bonds. The average Bonchev–Trinajstić information content (AvgIpc) is 2.43. The van der Waals surface area contributed by atoms with Gasteiger partial charge in [0.2, 0.25) is 0 Å². The molecule has 2 rings (SSSR count). The molecule has 20 heavy (non-hydrogen) atoms. The van der Waals surface area contributed by atoms with Crippen molar-refractivity contribution in [3.63, 3.8) is 0 Å². The average molecular weight is 309 g/mol. The normalized spacial score (nSPS) is 12.4. The van der Waals surface area contributed by atoms with Gasteiger partial charge in [0.15, 0.2) is 0 Å². The van der Waals surface area contributed by atoms with E-state index >= 15 is 0 Å². The summed E-state index contributed by atoms with van der Waals surface area (Å²) in [5.74, 6) is 0. The fourth-order valence-corrected chi connectivity index (χ4v) is 2.61. The summed E-state index contributed by atoms with van der Waals surface area (Å²) in [4.78, 5) is 4.60. The van der Waals surface area contributed by atoms with E-state index in [9.17, 15) is 0 Å². The Morgan fingerprint density at radius 3 is 2.60 bits per heavy atom. The number of hydrogen-bond donors (Lipinski definition) is 1. The highest BCUT2D eigenvalue weighted by Crippen LogP contribution is 2.28. The first-order valence-electron chi connectivity index (χ1n) is 6.71. The van der Waals surface area contributed by atoms with Crippen molar-refractivity contribution in [2.75, 3.05) is 6.54 Å². The molecule has 1 N–H and O–H groups in total. The molecule has 2 aromatic rings. The van der Waals surface area contributed by atoms with Crippen LogP contribution in [0.2, 0.25) is 10.0 Å². The van der Waals surface area contributed by atoms with Crippen LogP contribution >= 0.6 is 23.2 Å². The molecular weight excluding hydrogens is 291 g/mol. The van der Waals surface area contributed by atoms with Crippen LogP contribution in [0.1, 0.15) is 29.9 Å². The molecule has 0 saturated heterocycles. The van der Waals surface area contributed by atoms with E-state index in [1.165, 1.54) is 0 Å². The first kappa shape index (κ1) is 15.3. The number of benzene rings is 1. The first-order valence-corrected chi connectivity index (χ1v) is 7.47. The summed E-state index contributed by atoms with van der Waals surface area (Å²) in [5.41, 5.74) is 3.08. The second-order valence-corrected chi connectivity index (χ2v) is 5.52. The largest absolute Gasteiger partial charge is 0.309 e. The Bertz CT molecular complexity index is 584. The molecule has 1 atom stereocenters. The number of nitrogens with zero attached hydrogens (tertiary/aromatic N) is 1. The van der Waals surface area contributed by atoms with Crippen molar-refractivity contribution in [3.8, 4) is 0 Å². The predicted octanol–water partition coefficient (Wildman–Crippen LogP) is 4.59. The standard InChI is InChI=1S/C16H18Cl2N2/c1-3-19-15(14-9-4-6-11(2)20-14)10-12-7-5-8-13(17)16(12)18/h4-9,15,19H,3,10H2,1-2H3. The minimum Gasteiger partial charge on any atom is -0.309 e. The Labute approximate surface area is 130 Å². The number of hydrogen-bond acceptors (Lipinski definition) is 2. The molecule has 1 aromatic carbocycles. The maximum Gasteiger partial charge on any atom is 0.0625 e. The van der Waals surface area contributed by atoms with Crippen molar-refractivity contribution in [1.82, 2.24) is 10.3 Å². The third-order valence-corrected chi connectivity index (χ3v) is 4.03. The summed E-state index contributed by atoms with van der Waals surface area (Å²) in [6.45, 7) is 4.96. The molecule has 0 bridgehead atoms. The Morgan fingerprint density at radius 1 is 1.15 bits per heavy atom. The maximum atomic E-state index is 6.28. The molecule has 0 fully saturated rings. The van der Waals surface area contributed by atoms with E-state index in [1.807, 2.05) is 37.3 Å². The topological polar surface area (TPSA) is 24.9 Å². The van der Waals surface area contributed by atoms with Gasteiger partial charge in [0.05, 0.1) is 21.8 Å². The molecule has 1 heterocycles. The highest BCUT2D eigenvalue weighted by Gasteiger charge is 2.15. The number of aromatic nitrogens is 1. The zero-order valence-corrected chi connectivity index (χ0v) is 13.2. The van der Waals surface area contributed by atoms with Gasteiger partial charge in [-0.05, 0) is 43.7 Å². The van der Waals surface area contributed by atoms with Crippen molar-refractivity contribution in [1.29, 1.82) is 0 Å². The van der Waals surface area contributed by atoms with Crippen LogP contribution in [-0.2, 0) is 6.42 Å². The van der Waals surface area contributed by atoms with E-state index in [-0.39, 0.29) is 6.04 Å². The van der Waals surface area contributed by atoms with Gasteiger partial charge in [-0.15, -0.1) is 0 Å². The molecule has 0 aliphatic heterocycles. The maximum absolute atomic E-state index is 6.28. The molecule has 1 aromatic heterocycles. The smallest absolute Gasteiger partial charge is 0.0625 e. The Hall–Kier alpha value is -1.09. The molecule has 1 unspecified atom stereocenters. The fourth-order valence-electron chi connectivity index (χ4n) is 2.21. The first-order chi connectivity index (χ1) is 9.61. The van der Waals surface area contributed by atoms with E-state index < -0.39 is 0 Å². The monoisotopic (exact) mass is 308 g/mol. The summed E-state index contributed by atoms with van der Waals surface area (Å²) >= 11 is 12.4. The van der Waals surface area contributed by atoms with E-state index in [1.54, 1.807) is 6.07 Å². The lowest BCUT2D eigenvalue weighted by Gasteiger charge is -2.19. The van der Waals surface area contributed by atoms with Gasteiger partial charge in [-0.25, -0.2) is 0 Å². The molecule has 0 aliphatic carbocycles. The molecule has 0 saturated carbocycles. The van der Waals surface area contributed by atoms with E-state index in [4.69, 9.17) is 23.2 Å². The third kappa shape index (κ3) is 3.72. The zero-order valence-electron chi connectivity index (χ0n) is 11.7. The number of nitrogens with one attached hydrogen (secondary N) is 1. The van der Waals surface area contributed by atoms with Gasteiger partial charge in [0.1, 0.15) is 0 Å². The number of likely N-dealkylation sites (N-methyl/N-ethyl adjacent to an activating group) is 1. The fraction of sp³-hybridized carbons (Fsp3) is 0.312. The van der Waals surface area contributed by atoms with Crippen molar-refractivity contribution in [2.45, 2.75) is 26.3 Å². The van der Waals surface area contributed by atoms with Crippen molar-refractivity contribution >= 4 is 23.2 Å². The van der Waals surface area contributed by atoms with Crippen LogP contribution in [-0.4, -0.2) is 11.5 Å². The summed E-state index contributed by atoms with van der Waals surface area (Å²) < 4.78 is 0. The van der Waals surface area contributed by atoms with Crippen LogP contribution in [0.5, 0.6) is 0 Å². The molecule has 2 nitrogen and oxygen atoms in total. The van der Waals surface area contributed by atoms with Gasteiger partial charge in [0.25, 0.3) is 0 Å². The van der Waals surface area contributed by atoms with E-state index in [0.29, 0.717) is 10.0 Å². The quantitative estimate of drug-likeness (QED) is 0.874. The van der Waals surface area contributed by atoms with Gasteiger partial charge < -0.3 is 5.32 Å². The molecule has 0 radical (unpaired) electrons. The van der Waals surface area contributed by atoms with E-state index in [2.05, 4.69) is 17.2 Å².